The van der Waals surface area contributed by atoms with Crippen molar-refractivity contribution in [3.8, 4) is 0 Å². The predicted molar refractivity (Wildman–Crippen MR) is 72.4 cm³/mol. The maximum absolute atomic E-state index is 12.5. The lowest BCUT2D eigenvalue weighted by Crippen LogP contribution is -2.52. The second-order valence-corrected chi connectivity index (χ2v) is 6.89. The van der Waals surface area contributed by atoms with Crippen LogP contribution in [-0.2, 0) is 9.59 Å². The van der Waals surface area contributed by atoms with Gasteiger partial charge >= 0.3 is 0 Å². The molecule has 106 valence electrons. The van der Waals surface area contributed by atoms with Gasteiger partial charge in [-0.2, -0.15) is 0 Å². The van der Waals surface area contributed by atoms with Gasteiger partial charge < -0.3 is 9.80 Å². The van der Waals surface area contributed by atoms with Gasteiger partial charge in [0.25, 0.3) is 0 Å². The van der Waals surface area contributed by atoms with Gasteiger partial charge in [-0.3, -0.25) is 9.59 Å². The van der Waals surface area contributed by atoms with Gasteiger partial charge in [0.1, 0.15) is 0 Å². The SMILES string of the molecule is CC1CC(C(=O)N2CCCC3(CCN(C)C3=O)C2)C1. The minimum absolute atomic E-state index is 0.236. The largest absolute Gasteiger partial charge is 0.345 e. The summed E-state index contributed by atoms with van der Waals surface area (Å²) in [5.74, 6) is 1.50. The standard InChI is InChI=1S/C15H24N2O2/c1-11-8-12(9-11)13(18)17-6-3-4-15(10-17)5-7-16(2)14(15)19/h11-12H,3-10H2,1-2H3. The van der Waals surface area contributed by atoms with E-state index in [1.54, 1.807) is 0 Å². The number of hydrogen-bond acceptors (Lipinski definition) is 2. The van der Waals surface area contributed by atoms with Gasteiger partial charge in [-0.15, -0.1) is 0 Å². The van der Waals surface area contributed by atoms with Gasteiger partial charge in [-0.25, -0.2) is 0 Å². The lowest BCUT2D eigenvalue weighted by molar-refractivity contribution is -0.147. The van der Waals surface area contributed by atoms with Crippen LogP contribution in [0.3, 0.4) is 0 Å². The molecule has 3 rings (SSSR count). The second kappa shape index (κ2) is 4.50. The molecule has 0 aromatic heterocycles. The number of rotatable bonds is 1. The summed E-state index contributed by atoms with van der Waals surface area (Å²) in [6, 6.07) is 0. The first-order valence-electron chi connectivity index (χ1n) is 7.56. The molecule has 1 unspecified atom stereocenters. The van der Waals surface area contributed by atoms with Crippen LogP contribution in [0.15, 0.2) is 0 Å². The molecular formula is C15H24N2O2. The van der Waals surface area contributed by atoms with Crippen LogP contribution in [0.1, 0.15) is 39.0 Å². The maximum atomic E-state index is 12.5. The van der Waals surface area contributed by atoms with Gasteiger partial charge in [0.05, 0.1) is 5.41 Å². The van der Waals surface area contributed by atoms with Crippen LogP contribution in [0.5, 0.6) is 0 Å². The average Bonchev–Trinajstić information content (AvgIpc) is 2.64. The van der Waals surface area contributed by atoms with Crippen molar-refractivity contribution in [2.75, 3.05) is 26.7 Å². The molecule has 4 heteroatoms. The lowest BCUT2D eigenvalue weighted by Gasteiger charge is -2.42. The molecule has 3 aliphatic rings. The first-order valence-corrected chi connectivity index (χ1v) is 7.56. The highest BCUT2D eigenvalue weighted by atomic mass is 16.2. The van der Waals surface area contributed by atoms with E-state index in [9.17, 15) is 9.59 Å². The highest BCUT2D eigenvalue weighted by Crippen LogP contribution is 2.41. The predicted octanol–water partition coefficient (Wildman–Crippen LogP) is 1.50. The van der Waals surface area contributed by atoms with E-state index in [1.807, 2.05) is 16.8 Å². The number of hydrogen-bond donors (Lipinski definition) is 0. The Morgan fingerprint density at radius 1 is 1.26 bits per heavy atom. The van der Waals surface area contributed by atoms with Crippen LogP contribution in [0.2, 0.25) is 0 Å². The zero-order valence-corrected chi connectivity index (χ0v) is 12.0. The van der Waals surface area contributed by atoms with Crippen LogP contribution in [0.4, 0.5) is 0 Å². The van der Waals surface area contributed by atoms with Crippen LogP contribution < -0.4 is 0 Å². The Bertz CT molecular complexity index is 399. The minimum atomic E-state index is -0.252. The number of carbonyl (C=O) groups excluding carboxylic acids is 2. The lowest BCUT2D eigenvalue weighted by atomic mass is 9.73. The van der Waals surface area contributed by atoms with Crippen molar-refractivity contribution in [2.45, 2.75) is 39.0 Å². The van der Waals surface area contributed by atoms with Crippen molar-refractivity contribution >= 4 is 11.8 Å². The van der Waals surface area contributed by atoms with Crippen LogP contribution >= 0.6 is 0 Å². The molecule has 0 aromatic rings. The first kappa shape index (κ1) is 12.9. The molecule has 0 aromatic carbocycles. The molecular weight excluding hydrogens is 240 g/mol. The zero-order valence-electron chi connectivity index (χ0n) is 12.0. The van der Waals surface area contributed by atoms with Gasteiger partial charge in [0.15, 0.2) is 0 Å². The highest BCUT2D eigenvalue weighted by molar-refractivity contribution is 5.86. The van der Waals surface area contributed by atoms with Crippen molar-refractivity contribution in [3.05, 3.63) is 0 Å². The Hall–Kier alpha value is -1.06. The third kappa shape index (κ3) is 2.05. The molecule has 1 atom stereocenters. The minimum Gasteiger partial charge on any atom is -0.345 e. The topological polar surface area (TPSA) is 40.6 Å². The summed E-state index contributed by atoms with van der Waals surface area (Å²) in [5, 5.41) is 0. The van der Waals surface area contributed by atoms with Crippen LogP contribution in [0.25, 0.3) is 0 Å². The summed E-state index contributed by atoms with van der Waals surface area (Å²) in [5.41, 5.74) is -0.252. The molecule has 0 radical (unpaired) electrons. The van der Waals surface area contributed by atoms with E-state index < -0.39 is 0 Å². The quantitative estimate of drug-likeness (QED) is 0.720. The summed E-state index contributed by atoms with van der Waals surface area (Å²) >= 11 is 0. The Morgan fingerprint density at radius 2 is 2.00 bits per heavy atom. The molecule has 2 amide bonds. The molecule has 1 saturated carbocycles. The first-order chi connectivity index (χ1) is 9.02. The summed E-state index contributed by atoms with van der Waals surface area (Å²) in [6.45, 7) is 4.57. The smallest absolute Gasteiger partial charge is 0.230 e. The van der Waals surface area contributed by atoms with Crippen molar-refractivity contribution < 1.29 is 9.59 Å². The van der Waals surface area contributed by atoms with E-state index >= 15 is 0 Å². The Balaban J connectivity index is 1.68. The molecule has 2 aliphatic heterocycles. The fourth-order valence-electron chi connectivity index (χ4n) is 4.06. The molecule has 19 heavy (non-hydrogen) atoms. The molecule has 1 spiro atoms. The average molecular weight is 264 g/mol. The number of likely N-dealkylation sites (tertiary alicyclic amines) is 2. The molecule has 0 N–H and O–H groups in total. The van der Waals surface area contributed by atoms with Crippen LogP contribution in [-0.4, -0.2) is 48.3 Å². The summed E-state index contributed by atoms with van der Waals surface area (Å²) < 4.78 is 0. The van der Waals surface area contributed by atoms with Gasteiger partial charge in [0.2, 0.25) is 11.8 Å². The number of carbonyl (C=O) groups is 2. The van der Waals surface area contributed by atoms with Gasteiger partial charge in [-0.1, -0.05) is 6.92 Å². The van der Waals surface area contributed by atoms with Gasteiger partial charge in [-0.05, 0) is 38.0 Å². The molecule has 3 fully saturated rings. The normalized spacial score (nSPS) is 38.7. The summed E-state index contributed by atoms with van der Waals surface area (Å²) in [6.07, 6.45) is 4.94. The third-order valence-corrected chi connectivity index (χ3v) is 5.34. The van der Waals surface area contributed by atoms with Crippen molar-refractivity contribution in [3.63, 3.8) is 0 Å². The molecule has 4 nitrogen and oxygen atoms in total. The van der Waals surface area contributed by atoms with Crippen molar-refractivity contribution in [1.82, 2.24) is 9.80 Å². The molecule has 0 bridgehead atoms. The summed E-state index contributed by atoms with van der Waals surface area (Å²) in [7, 11) is 1.88. The number of piperidine rings is 1. The van der Waals surface area contributed by atoms with E-state index in [4.69, 9.17) is 0 Å². The Kier molecular flexibility index (Phi) is 3.06. The number of nitrogens with zero attached hydrogens (tertiary/aromatic N) is 2. The van der Waals surface area contributed by atoms with Crippen molar-refractivity contribution in [1.29, 1.82) is 0 Å². The van der Waals surface area contributed by atoms with E-state index in [1.165, 1.54) is 0 Å². The monoisotopic (exact) mass is 264 g/mol. The summed E-state index contributed by atoms with van der Waals surface area (Å²) in [4.78, 5) is 28.6. The van der Waals surface area contributed by atoms with E-state index in [0.717, 1.165) is 45.2 Å². The van der Waals surface area contributed by atoms with Gasteiger partial charge in [0, 0.05) is 32.6 Å². The van der Waals surface area contributed by atoms with E-state index in [0.29, 0.717) is 18.4 Å². The second-order valence-electron chi connectivity index (χ2n) is 6.89. The highest BCUT2D eigenvalue weighted by Gasteiger charge is 2.49. The van der Waals surface area contributed by atoms with E-state index in [-0.39, 0.29) is 17.2 Å². The molecule has 2 saturated heterocycles. The molecule has 2 heterocycles. The fourth-order valence-corrected chi connectivity index (χ4v) is 4.06. The van der Waals surface area contributed by atoms with E-state index in [2.05, 4.69) is 6.92 Å². The van der Waals surface area contributed by atoms with Crippen molar-refractivity contribution in [2.24, 2.45) is 17.3 Å². The Labute approximate surface area is 115 Å². The fraction of sp³-hybridized carbons (Fsp3) is 0.867. The Morgan fingerprint density at radius 3 is 2.58 bits per heavy atom. The maximum Gasteiger partial charge on any atom is 0.230 e. The molecule has 1 aliphatic carbocycles. The number of amides is 2. The third-order valence-electron chi connectivity index (χ3n) is 5.34. The van der Waals surface area contributed by atoms with Crippen LogP contribution in [0, 0.1) is 17.3 Å². The zero-order chi connectivity index (χ0) is 13.6.